The minimum atomic E-state index is 0.427. The summed E-state index contributed by atoms with van der Waals surface area (Å²) in [4.78, 5) is 0. The number of nitrogens with one attached hydrogen (secondary N) is 1. The Hall–Kier alpha value is -0.830. The summed E-state index contributed by atoms with van der Waals surface area (Å²) in [6.45, 7) is 1.12. The van der Waals surface area contributed by atoms with Crippen LogP contribution in [0.2, 0.25) is 0 Å². The Kier molecular flexibility index (Phi) is 2.05. The van der Waals surface area contributed by atoms with E-state index >= 15 is 0 Å². The highest BCUT2D eigenvalue weighted by Gasteiger charge is 2.26. The number of rotatable bonds is 2. The second-order valence-electron chi connectivity index (χ2n) is 4.43. The minimum Gasteiger partial charge on any atom is -0.359 e. The van der Waals surface area contributed by atoms with Crippen LogP contribution in [0.25, 0.3) is 0 Å². The standard InChI is InChI=1S/C11H16N2O/c1-3-8(4-1)10-7-11(14-13-10)9-5-2-6-12-9/h7-9,12H,1-6H2. The average Bonchev–Trinajstić information content (AvgIpc) is 2.65. The zero-order chi connectivity index (χ0) is 9.38. The van der Waals surface area contributed by atoms with Gasteiger partial charge in [-0.15, -0.1) is 0 Å². The zero-order valence-electron chi connectivity index (χ0n) is 8.33. The molecule has 76 valence electrons. The Morgan fingerprint density at radius 3 is 2.86 bits per heavy atom. The fraction of sp³-hybridized carbons (Fsp3) is 0.727. The van der Waals surface area contributed by atoms with Crippen molar-refractivity contribution >= 4 is 0 Å². The molecule has 0 amide bonds. The lowest BCUT2D eigenvalue weighted by molar-refractivity contribution is 0.329. The van der Waals surface area contributed by atoms with Gasteiger partial charge < -0.3 is 9.84 Å². The van der Waals surface area contributed by atoms with E-state index in [0.29, 0.717) is 12.0 Å². The van der Waals surface area contributed by atoms with Crippen LogP contribution >= 0.6 is 0 Å². The first-order chi connectivity index (χ1) is 6.93. The van der Waals surface area contributed by atoms with Crippen LogP contribution in [0.15, 0.2) is 10.6 Å². The van der Waals surface area contributed by atoms with Gasteiger partial charge in [0.15, 0.2) is 5.76 Å². The molecule has 1 saturated carbocycles. The van der Waals surface area contributed by atoms with Gasteiger partial charge in [-0.3, -0.25) is 0 Å². The molecular weight excluding hydrogens is 176 g/mol. The monoisotopic (exact) mass is 192 g/mol. The van der Waals surface area contributed by atoms with E-state index in [0.717, 1.165) is 12.3 Å². The molecule has 0 aromatic carbocycles. The van der Waals surface area contributed by atoms with Crippen LogP contribution in [0.5, 0.6) is 0 Å². The van der Waals surface area contributed by atoms with Crippen molar-refractivity contribution in [1.29, 1.82) is 0 Å². The van der Waals surface area contributed by atoms with Crippen LogP contribution in [-0.2, 0) is 0 Å². The Labute approximate surface area is 83.9 Å². The summed E-state index contributed by atoms with van der Waals surface area (Å²) in [5.41, 5.74) is 1.18. The van der Waals surface area contributed by atoms with Gasteiger partial charge in [0.05, 0.1) is 11.7 Å². The van der Waals surface area contributed by atoms with Gasteiger partial charge in [0.25, 0.3) is 0 Å². The Balaban J connectivity index is 1.75. The molecule has 0 radical (unpaired) electrons. The van der Waals surface area contributed by atoms with E-state index in [4.69, 9.17) is 4.52 Å². The van der Waals surface area contributed by atoms with E-state index in [2.05, 4.69) is 16.5 Å². The van der Waals surface area contributed by atoms with Crippen LogP contribution in [0.1, 0.15) is 55.5 Å². The molecule has 1 saturated heterocycles. The average molecular weight is 192 g/mol. The minimum absolute atomic E-state index is 0.427. The molecule has 0 spiro atoms. The molecule has 2 fully saturated rings. The molecule has 1 N–H and O–H groups in total. The van der Waals surface area contributed by atoms with Gasteiger partial charge in [0.1, 0.15) is 0 Å². The molecule has 2 heterocycles. The van der Waals surface area contributed by atoms with Crippen LogP contribution in [0.4, 0.5) is 0 Å². The predicted octanol–water partition coefficient (Wildman–Crippen LogP) is 2.37. The van der Waals surface area contributed by atoms with Crippen molar-refractivity contribution in [2.24, 2.45) is 0 Å². The van der Waals surface area contributed by atoms with Crippen LogP contribution in [0.3, 0.4) is 0 Å². The van der Waals surface area contributed by atoms with Crippen molar-refractivity contribution in [2.45, 2.75) is 44.1 Å². The van der Waals surface area contributed by atoms with Gasteiger partial charge in [0.2, 0.25) is 0 Å². The fourth-order valence-corrected chi connectivity index (χ4v) is 2.29. The summed E-state index contributed by atoms with van der Waals surface area (Å²) in [5, 5.41) is 7.60. The van der Waals surface area contributed by atoms with E-state index in [1.165, 1.54) is 37.8 Å². The normalized spacial score (nSPS) is 27.9. The lowest BCUT2D eigenvalue weighted by atomic mass is 9.83. The molecule has 2 aliphatic rings. The van der Waals surface area contributed by atoms with Gasteiger partial charge in [-0.25, -0.2) is 0 Å². The van der Waals surface area contributed by atoms with E-state index in [9.17, 15) is 0 Å². The number of nitrogens with zero attached hydrogens (tertiary/aromatic N) is 1. The molecule has 3 rings (SSSR count). The third-order valence-electron chi connectivity index (χ3n) is 3.47. The van der Waals surface area contributed by atoms with Crippen LogP contribution < -0.4 is 5.32 Å². The molecule has 1 unspecified atom stereocenters. The maximum atomic E-state index is 5.39. The smallest absolute Gasteiger partial charge is 0.153 e. The largest absolute Gasteiger partial charge is 0.359 e. The van der Waals surface area contributed by atoms with Crippen LogP contribution in [-0.4, -0.2) is 11.7 Å². The van der Waals surface area contributed by atoms with Gasteiger partial charge in [0, 0.05) is 12.0 Å². The third kappa shape index (κ3) is 1.36. The molecule has 1 aromatic rings. The van der Waals surface area contributed by atoms with E-state index in [-0.39, 0.29) is 0 Å². The quantitative estimate of drug-likeness (QED) is 0.781. The highest BCUT2D eigenvalue weighted by atomic mass is 16.5. The van der Waals surface area contributed by atoms with Crippen LogP contribution in [0, 0.1) is 0 Å². The summed E-state index contributed by atoms with van der Waals surface area (Å²) < 4.78 is 5.39. The van der Waals surface area contributed by atoms with Crippen molar-refractivity contribution in [3.63, 3.8) is 0 Å². The lowest BCUT2D eigenvalue weighted by Gasteiger charge is -2.22. The fourth-order valence-electron chi connectivity index (χ4n) is 2.29. The molecular formula is C11H16N2O. The molecule has 14 heavy (non-hydrogen) atoms. The van der Waals surface area contributed by atoms with Gasteiger partial charge in [-0.1, -0.05) is 11.6 Å². The number of hydrogen-bond donors (Lipinski definition) is 1. The molecule has 0 bridgehead atoms. The molecule has 3 heteroatoms. The highest BCUT2D eigenvalue weighted by molar-refractivity contribution is 5.15. The first kappa shape index (κ1) is 8.48. The third-order valence-corrected chi connectivity index (χ3v) is 3.47. The maximum Gasteiger partial charge on any atom is 0.153 e. The van der Waals surface area contributed by atoms with E-state index in [1.54, 1.807) is 0 Å². The highest BCUT2D eigenvalue weighted by Crippen LogP contribution is 2.37. The van der Waals surface area contributed by atoms with Crippen molar-refractivity contribution < 1.29 is 4.52 Å². The second-order valence-corrected chi connectivity index (χ2v) is 4.43. The molecule has 1 aromatic heterocycles. The molecule has 1 aliphatic heterocycles. The van der Waals surface area contributed by atoms with E-state index < -0.39 is 0 Å². The maximum absolute atomic E-state index is 5.39. The Morgan fingerprint density at radius 1 is 1.29 bits per heavy atom. The summed E-state index contributed by atoms with van der Waals surface area (Å²) >= 11 is 0. The molecule has 1 aliphatic carbocycles. The van der Waals surface area contributed by atoms with Crippen molar-refractivity contribution in [3.05, 3.63) is 17.5 Å². The first-order valence-corrected chi connectivity index (χ1v) is 5.63. The summed E-state index contributed by atoms with van der Waals surface area (Å²) in [5.74, 6) is 1.73. The van der Waals surface area contributed by atoms with Crippen molar-refractivity contribution in [1.82, 2.24) is 10.5 Å². The molecule has 1 atom stereocenters. The van der Waals surface area contributed by atoms with Gasteiger partial charge >= 0.3 is 0 Å². The topological polar surface area (TPSA) is 38.1 Å². The zero-order valence-corrected chi connectivity index (χ0v) is 8.33. The lowest BCUT2D eigenvalue weighted by Crippen LogP contribution is -2.12. The Bertz CT molecular complexity index is 311. The summed E-state index contributed by atoms with van der Waals surface area (Å²) in [6.07, 6.45) is 6.39. The Morgan fingerprint density at radius 2 is 2.21 bits per heavy atom. The SMILES string of the molecule is c1c(C2CCC2)noc1C1CCCN1. The number of hydrogen-bond acceptors (Lipinski definition) is 3. The van der Waals surface area contributed by atoms with Gasteiger partial charge in [-0.2, -0.15) is 0 Å². The predicted molar refractivity (Wildman–Crippen MR) is 53.1 cm³/mol. The second kappa shape index (κ2) is 3.39. The molecule has 3 nitrogen and oxygen atoms in total. The van der Waals surface area contributed by atoms with Crippen molar-refractivity contribution in [3.8, 4) is 0 Å². The first-order valence-electron chi connectivity index (χ1n) is 5.63. The summed E-state index contributed by atoms with van der Waals surface area (Å²) in [7, 11) is 0. The summed E-state index contributed by atoms with van der Waals surface area (Å²) in [6, 6.07) is 2.59. The van der Waals surface area contributed by atoms with E-state index in [1.807, 2.05) is 0 Å². The van der Waals surface area contributed by atoms with Crippen molar-refractivity contribution in [2.75, 3.05) is 6.54 Å². The van der Waals surface area contributed by atoms with Gasteiger partial charge in [-0.05, 0) is 32.2 Å². The number of aromatic nitrogens is 1.